The highest BCUT2D eigenvalue weighted by Crippen LogP contribution is 2.32. The maximum atomic E-state index is 8.45. The van der Waals surface area contributed by atoms with Crippen molar-refractivity contribution in [2.45, 2.75) is 19.3 Å². The molecule has 1 saturated carbocycles. The van der Waals surface area contributed by atoms with Crippen LogP contribution in [0.25, 0.3) is 0 Å². The van der Waals surface area contributed by atoms with Crippen LogP contribution in [0.3, 0.4) is 0 Å². The number of hydrogen-bond acceptors (Lipinski definition) is 3. The Hall–Kier alpha value is -1.43. The summed E-state index contributed by atoms with van der Waals surface area (Å²) in [6.07, 6.45) is 7.25. The van der Waals surface area contributed by atoms with Crippen LogP contribution < -0.4 is 0 Å². The van der Waals surface area contributed by atoms with Crippen LogP contribution >= 0.6 is 0 Å². The second-order valence-electron chi connectivity index (χ2n) is 3.17. The highest BCUT2D eigenvalue weighted by atomic mass is 14.9. The van der Waals surface area contributed by atoms with Gasteiger partial charge in [0, 0.05) is 12.4 Å². The van der Waals surface area contributed by atoms with Gasteiger partial charge in [-0.2, -0.15) is 5.26 Å². The maximum absolute atomic E-state index is 8.45. The minimum Gasteiger partial charge on any atom is -0.227 e. The summed E-state index contributed by atoms with van der Waals surface area (Å²) in [6, 6.07) is 1.90. The zero-order valence-corrected chi connectivity index (χ0v) is 6.70. The quantitative estimate of drug-likeness (QED) is 0.653. The summed E-state index contributed by atoms with van der Waals surface area (Å²) in [7, 11) is 0. The van der Waals surface area contributed by atoms with E-state index >= 15 is 0 Å². The molecule has 0 bridgehead atoms. The van der Waals surface area contributed by atoms with E-state index in [1.54, 1.807) is 12.4 Å². The first-order valence-electron chi connectivity index (χ1n) is 4.09. The van der Waals surface area contributed by atoms with Crippen LogP contribution in [0.5, 0.6) is 0 Å². The molecule has 1 heterocycles. The van der Waals surface area contributed by atoms with Gasteiger partial charge >= 0.3 is 0 Å². The third-order valence-corrected chi connectivity index (χ3v) is 2.03. The Kier molecular flexibility index (Phi) is 1.75. The van der Waals surface area contributed by atoms with E-state index in [0.29, 0.717) is 0 Å². The summed E-state index contributed by atoms with van der Waals surface area (Å²) in [4.78, 5) is 7.81. The Morgan fingerprint density at radius 3 is 2.58 bits per heavy atom. The summed E-state index contributed by atoms with van der Waals surface area (Å²) in [5.74, 6) is 1.11. The predicted octanol–water partition coefficient (Wildman–Crippen LogP) is 1.30. The molecule has 1 aliphatic rings. The van der Waals surface area contributed by atoms with Crippen LogP contribution in [-0.2, 0) is 6.42 Å². The van der Waals surface area contributed by atoms with Crippen molar-refractivity contribution >= 4 is 0 Å². The fraction of sp³-hybridized carbons (Fsp3) is 0.444. The van der Waals surface area contributed by atoms with Gasteiger partial charge in [0.25, 0.3) is 0 Å². The second kappa shape index (κ2) is 2.90. The van der Waals surface area contributed by atoms with Gasteiger partial charge < -0.3 is 0 Å². The van der Waals surface area contributed by atoms with Crippen molar-refractivity contribution in [2.75, 3.05) is 0 Å². The van der Waals surface area contributed by atoms with E-state index in [9.17, 15) is 0 Å². The Morgan fingerprint density at radius 1 is 1.42 bits per heavy atom. The monoisotopic (exact) mass is 159 g/mol. The molecule has 0 aromatic carbocycles. The van der Waals surface area contributed by atoms with Gasteiger partial charge in [-0.3, -0.25) is 0 Å². The zero-order chi connectivity index (χ0) is 8.39. The number of hydrogen-bond donors (Lipinski definition) is 0. The van der Waals surface area contributed by atoms with Crippen LogP contribution in [0, 0.1) is 17.2 Å². The van der Waals surface area contributed by atoms with E-state index in [1.165, 1.54) is 12.8 Å². The number of rotatable bonds is 2. The summed E-state index contributed by atoms with van der Waals surface area (Å²) >= 11 is 0. The molecular formula is C9H9N3. The van der Waals surface area contributed by atoms with E-state index < -0.39 is 0 Å². The van der Waals surface area contributed by atoms with E-state index in [0.717, 1.165) is 17.9 Å². The number of nitriles is 1. The van der Waals surface area contributed by atoms with Gasteiger partial charge in [0.2, 0.25) is 5.82 Å². The Morgan fingerprint density at radius 2 is 2.08 bits per heavy atom. The van der Waals surface area contributed by atoms with Gasteiger partial charge in [-0.05, 0) is 30.7 Å². The standard InChI is InChI=1S/C9H9N3/c10-4-9-11-5-8(6-12-9)3-7-1-2-7/h5-7H,1-3H2. The summed E-state index contributed by atoms with van der Waals surface area (Å²) in [5.41, 5.74) is 1.15. The topological polar surface area (TPSA) is 49.6 Å². The Labute approximate surface area is 71.1 Å². The van der Waals surface area contributed by atoms with Gasteiger partial charge in [-0.1, -0.05) is 0 Å². The largest absolute Gasteiger partial charge is 0.232 e. The molecule has 2 rings (SSSR count). The van der Waals surface area contributed by atoms with Gasteiger partial charge in [-0.15, -0.1) is 0 Å². The molecular weight excluding hydrogens is 150 g/mol. The highest BCUT2D eigenvalue weighted by molar-refractivity contribution is 5.14. The summed E-state index contributed by atoms with van der Waals surface area (Å²) in [5, 5.41) is 8.45. The van der Waals surface area contributed by atoms with Crippen molar-refractivity contribution in [3.63, 3.8) is 0 Å². The SMILES string of the molecule is N#Cc1ncc(CC2CC2)cn1. The zero-order valence-electron chi connectivity index (χ0n) is 6.70. The van der Waals surface area contributed by atoms with Gasteiger partial charge in [0.05, 0.1) is 0 Å². The summed E-state index contributed by atoms with van der Waals surface area (Å²) < 4.78 is 0. The number of aromatic nitrogens is 2. The molecule has 0 unspecified atom stereocenters. The van der Waals surface area contributed by atoms with Gasteiger partial charge in [0.1, 0.15) is 6.07 Å². The molecule has 1 aliphatic carbocycles. The van der Waals surface area contributed by atoms with Crippen LogP contribution in [0.2, 0.25) is 0 Å². The predicted molar refractivity (Wildman–Crippen MR) is 43.2 cm³/mol. The molecule has 3 heteroatoms. The van der Waals surface area contributed by atoms with Crippen molar-refractivity contribution in [3.8, 4) is 6.07 Å². The Balaban J connectivity index is 2.08. The van der Waals surface area contributed by atoms with E-state index in [2.05, 4.69) is 9.97 Å². The minimum absolute atomic E-state index is 0.259. The average molecular weight is 159 g/mol. The van der Waals surface area contributed by atoms with Crippen LogP contribution in [0.4, 0.5) is 0 Å². The first-order valence-corrected chi connectivity index (χ1v) is 4.09. The molecule has 1 aromatic heterocycles. The molecule has 3 nitrogen and oxygen atoms in total. The van der Waals surface area contributed by atoms with Crippen LogP contribution in [0.15, 0.2) is 12.4 Å². The lowest BCUT2D eigenvalue weighted by molar-refractivity contribution is 0.818. The molecule has 0 N–H and O–H groups in total. The lowest BCUT2D eigenvalue weighted by Gasteiger charge is -1.95. The fourth-order valence-electron chi connectivity index (χ4n) is 1.17. The molecule has 0 amide bonds. The van der Waals surface area contributed by atoms with Crippen LogP contribution in [-0.4, -0.2) is 9.97 Å². The lowest BCUT2D eigenvalue weighted by Crippen LogP contribution is -1.93. The van der Waals surface area contributed by atoms with E-state index in [-0.39, 0.29) is 5.82 Å². The third-order valence-electron chi connectivity index (χ3n) is 2.03. The molecule has 0 saturated heterocycles. The molecule has 12 heavy (non-hydrogen) atoms. The van der Waals surface area contributed by atoms with Gasteiger partial charge in [-0.25, -0.2) is 9.97 Å². The van der Waals surface area contributed by atoms with Crippen LogP contribution in [0.1, 0.15) is 24.2 Å². The molecule has 60 valence electrons. The van der Waals surface area contributed by atoms with Gasteiger partial charge in [0.15, 0.2) is 0 Å². The van der Waals surface area contributed by atoms with Crippen molar-refractivity contribution in [1.29, 1.82) is 5.26 Å². The van der Waals surface area contributed by atoms with Crippen molar-refractivity contribution in [3.05, 3.63) is 23.8 Å². The molecule has 0 radical (unpaired) electrons. The lowest BCUT2D eigenvalue weighted by atomic mass is 10.2. The first kappa shape index (κ1) is 7.23. The molecule has 0 aliphatic heterocycles. The fourth-order valence-corrected chi connectivity index (χ4v) is 1.17. The smallest absolute Gasteiger partial charge is 0.227 e. The molecule has 0 atom stereocenters. The van der Waals surface area contributed by atoms with E-state index in [4.69, 9.17) is 5.26 Å². The average Bonchev–Trinajstić information content (AvgIpc) is 2.90. The van der Waals surface area contributed by atoms with Crippen molar-refractivity contribution < 1.29 is 0 Å². The Bertz CT molecular complexity index is 306. The third kappa shape index (κ3) is 1.59. The normalized spacial score (nSPS) is 15.6. The minimum atomic E-state index is 0.259. The molecule has 1 aromatic rings. The van der Waals surface area contributed by atoms with Crippen molar-refractivity contribution in [2.24, 2.45) is 5.92 Å². The molecule has 0 spiro atoms. The summed E-state index contributed by atoms with van der Waals surface area (Å²) in [6.45, 7) is 0. The first-order chi connectivity index (χ1) is 5.88. The number of nitrogens with zero attached hydrogens (tertiary/aromatic N) is 3. The van der Waals surface area contributed by atoms with E-state index in [1.807, 2.05) is 6.07 Å². The van der Waals surface area contributed by atoms with Crippen molar-refractivity contribution in [1.82, 2.24) is 9.97 Å². The molecule has 1 fully saturated rings. The highest BCUT2D eigenvalue weighted by Gasteiger charge is 2.21. The second-order valence-corrected chi connectivity index (χ2v) is 3.17. The maximum Gasteiger partial charge on any atom is 0.232 e.